The molecule has 0 N–H and O–H groups in total. The summed E-state index contributed by atoms with van der Waals surface area (Å²) in [5.41, 5.74) is 2.06. The predicted molar refractivity (Wildman–Crippen MR) is 85.0 cm³/mol. The maximum atomic E-state index is 13.1. The molecule has 2 aromatic carbocycles. The second-order valence-corrected chi connectivity index (χ2v) is 5.49. The van der Waals surface area contributed by atoms with Gasteiger partial charge in [-0.25, -0.2) is 9.18 Å². The lowest BCUT2D eigenvalue weighted by atomic mass is 10.1. The van der Waals surface area contributed by atoms with Gasteiger partial charge in [-0.1, -0.05) is 46.6 Å². The first-order valence-electron chi connectivity index (χ1n) is 7.05. The molecule has 122 valence electrons. The lowest BCUT2D eigenvalue weighted by Crippen LogP contribution is -2.05. The van der Waals surface area contributed by atoms with Crippen LogP contribution in [0.4, 0.5) is 4.39 Å². The molecule has 3 aromatic rings. The van der Waals surface area contributed by atoms with Gasteiger partial charge in [0.25, 0.3) is 5.89 Å². The van der Waals surface area contributed by atoms with Crippen molar-refractivity contribution in [1.82, 2.24) is 10.1 Å². The molecule has 0 aliphatic carbocycles. The summed E-state index contributed by atoms with van der Waals surface area (Å²) < 4.78 is 23.2. The number of halogens is 2. The Balaban J connectivity index is 1.65. The van der Waals surface area contributed by atoms with Crippen molar-refractivity contribution >= 4 is 17.6 Å². The summed E-state index contributed by atoms with van der Waals surface area (Å²) in [7, 11) is 0. The highest BCUT2D eigenvalue weighted by Crippen LogP contribution is 2.18. The van der Waals surface area contributed by atoms with Gasteiger partial charge < -0.3 is 9.26 Å². The van der Waals surface area contributed by atoms with E-state index in [-0.39, 0.29) is 23.1 Å². The Morgan fingerprint density at radius 3 is 2.71 bits per heavy atom. The van der Waals surface area contributed by atoms with Crippen LogP contribution in [0.5, 0.6) is 0 Å². The van der Waals surface area contributed by atoms with Gasteiger partial charge in [0.1, 0.15) is 5.82 Å². The highest BCUT2D eigenvalue weighted by atomic mass is 35.5. The Morgan fingerprint density at radius 1 is 1.25 bits per heavy atom. The Kier molecular flexibility index (Phi) is 4.57. The van der Waals surface area contributed by atoms with E-state index >= 15 is 0 Å². The fourth-order valence-corrected chi connectivity index (χ4v) is 2.15. The molecule has 7 heteroatoms. The summed E-state index contributed by atoms with van der Waals surface area (Å²) in [6, 6.07) is 11.2. The number of carbonyl (C=O) groups is 1. The van der Waals surface area contributed by atoms with E-state index in [2.05, 4.69) is 10.1 Å². The van der Waals surface area contributed by atoms with Gasteiger partial charge in [0.2, 0.25) is 5.82 Å². The summed E-state index contributed by atoms with van der Waals surface area (Å²) in [5.74, 6) is -0.696. The van der Waals surface area contributed by atoms with Crippen LogP contribution in [0.15, 0.2) is 47.0 Å². The third-order valence-electron chi connectivity index (χ3n) is 3.26. The lowest BCUT2D eigenvalue weighted by molar-refractivity contribution is 0.0430. The van der Waals surface area contributed by atoms with E-state index in [1.165, 1.54) is 12.1 Å². The zero-order chi connectivity index (χ0) is 17.1. The molecule has 0 bridgehead atoms. The highest BCUT2D eigenvalue weighted by molar-refractivity contribution is 6.31. The van der Waals surface area contributed by atoms with Crippen LogP contribution in [0.2, 0.25) is 5.02 Å². The van der Waals surface area contributed by atoms with Crippen LogP contribution in [0.25, 0.3) is 11.4 Å². The largest absolute Gasteiger partial charge is 0.452 e. The zero-order valence-corrected chi connectivity index (χ0v) is 13.4. The lowest BCUT2D eigenvalue weighted by Gasteiger charge is -2.02. The molecule has 0 aliphatic heterocycles. The summed E-state index contributed by atoms with van der Waals surface area (Å²) in [6.07, 6.45) is 0. The van der Waals surface area contributed by atoms with Crippen LogP contribution in [-0.4, -0.2) is 16.1 Å². The average Bonchev–Trinajstić information content (AvgIpc) is 3.05. The van der Waals surface area contributed by atoms with Crippen LogP contribution >= 0.6 is 11.6 Å². The SMILES string of the molecule is Cc1ccc(-c2noc(COC(=O)c3ccc(F)c(Cl)c3)n2)cc1. The van der Waals surface area contributed by atoms with Crippen LogP contribution in [-0.2, 0) is 11.3 Å². The normalized spacial score (nSPS) is 10.6. The summed E-state index contributed by atoms with van der Waals surface area (Å²) in [6.45, 7) is 1.79. The molecule has 5 nitrogen and oxygen atoms in total. The molecule has 0 spiro atoms. The molecule has 1 heterocycles. The Bertz CT molecular complexity index is 878. The first-order valence-corrected chi connectivity index (χ1v) is 7.42. The minimum absolute atomic E-state index is 0.139. The molecule has 0 fully saturated rings. The van der Waals surface area contributed by atoms with Gasteiger partial charge in [-0.2, -0.15) is 4.98 Å². The van der Waals surface area contributed by atoms with E-state index in [9.17, 15) is 9.18 Å². The molecular formula is C17H12ClFN2O3. The van der Waals surface area contributed by atoms with E-state index in [0.717, 1.165) is 17.2 Å². The molecule has 24 heavy (non-hydrogen) atoms. The van der Waals surface area contributed by atoms with Crippen molar-refractivity contribution in [3.63, 3.8) is 0 Å². The van der Waals surface area contributed by atoms with Gasteiger partial charge >= 0.3 is 5.97 Å². The van der Waals surface area contributed by atoms with Crippen LogP contribution in [0, 0.1) is 12.7 Å². The van der Waals surface area contributed by atoms with Crippen molar-refractivity contribution in [2.45, 2.75) is 13.5 Å². The molecule has 3 rings (SSSR count). The smallest absolute Gasteiger partial charge is 0.338 e. The monoisotopic (exact) mass is 346 g/mol. The van der Waals surface area contributed by atoms with Gasteiger partial charge in [0.15, 0.2) is 6.61 Å². The first kappa shape index (κ1) is 16.1. The average molecular weight is 347 g/mol. The summed E-state index contributed by atoms with van der Waals surface area (Å²) in [4.78, 5) is 16.1. The maximum Gasteiger partial charge on any atom is 0.338 e. The van der Waals surface area contributed by atoms with Crippen LogP contribution < -0.4 is 0 Å². The number of nitrogens with zero attached hydrogens (tertiary/aromatic N) is 2. The number of esters is 1. The molecule has 0 unspecified atom stereocenters. The summed E-state index contributed by atoms with van der Waals surface area (Å²) in [5, 5.41) is 3.70. The van der Waals surface area contributed by atoms with Crippen molar-refractivity contribution < 1.29 is 18.4 Å². The number of aryl methyl sites for hydroxylation is 1. The van der Waals surface area contributed by atoms with Gasteiger partial charge in [0, 0.05) is 5.56 Å². The second kappa shape index (κ2) is 6.80. The Labute approximate surface area is 142 Å². The number of hydrogen-bond acceptors (Lipinski definition) is 5. The Hall–Kier alpha value is -2.73. The van der Waals surface area contributed by atoms with E-state index < -0.39 is 11.8 Å². The van der Waals surface area contributed by atoms with Crippen molar-refractivity contribution in [2.75, 3.05) is 0 Å². The maximum absolute atomic E-state index is 13.1. The molecule has 0 aliphatic rings. The molecule has 0 radical (unpaired) electrons. The Morgan fingerprint density at radius 2 is 2.00 bits per heavy atom. The standard InChI is InChI=1S/C17H12ClFN2O3/c1-10-2-4-11(5-3-10)16-20-15(24-21-16)9-23-17(22)12-6-7-14(19)13(18)8-12/h2-8H,9H2,1H3. The molecule has 0 atom stereocenters. The number of rotatable bonds is 4. The van der Waals surface area contributed by atoms with E-state index in [1.54, 1.807) is 0 Å². The van der Waals surface area contributed by atoms with Crippen molar-refractivity contribution in [3.8, 4) is 11.4 Å². The zero-order valence-electron chi connectivity index (χ0n) is 12.6. The highest BCUT2D eigenvalue weighted by Gasteiger charge is 2.13. The fraction of sp³-hybridized carbons (Fsp3) is 0.118. The number of benzene rings is 2. The van der Waals surface area contributed by atoms with Crippen LogP contribution in [0.1, 0.15) is 21.8 Å². The van der Waals surface area contributed by atoms with Gasteiger partial charge in [0.05, 0.1) is 10.6 Å². The summed E-state index contributed by atoms with van der Waals surface area (Å²) >= 11 is 5.63. The third kappa shape index (κ3) is 3.60. The molecular weight excluding hydrogens is 335 g/mol. The van der Waals surface area contributed by atoms with E-state index in [1.807, 2.05) is 31.2 Å². The van der Waals surface area contributed by atoms with Crippen LogP contribution in [0.3, 0.4) is 0 Å². The minimum atomic E-state index is -0.660. The number of ether oxygens (including phenoxy) is 1. The predicted octanol–water partition coefficient (Wildman–Crippen LogP) is 4.19. The molecule has 1 aromatic heterocycles. The fourth-order valence-electron chi connectivity index (χ4n) is 1.97. The first-order chi connectivity index (χ1) is 11.5. The minimum Gasteiger partial charge on any atom is -0.452 e. The van der Waals surface area contributed by atoms with Crippen molar-refractivity contribution in [1.29, 1.82) is 0 Å². The van der Waals surface area contributed by atoms with E-state index in [0.29, 0.717) is 5.82 Å². The van der Waals surface area contributed by atoms with Gasteiger partial charge in [-0.05, 0) is 25.1 Å². The van der Waals surface area contributed by atoms with Gasteiger partial charge in [-0.3, -0.25) is 0 Å². The van der Waals surface area contributed by atoms with Crippen molar-refractivity contribution in [2.24, 2.45) is 0 Å². The third-order valence-corrected chi connectivity index (χ3v) is 3.55. The van der Waals surface area contributed by atoms with E-state index in [4.69, 9.17) is 20.9 Å². The second-order valence-electron chi connectivity index (χ2n) is 5.08. The van der Waals surface area contributed by atoms with Gasteiger partial charge in [-0.15, -0.1) is 0 Å². The topological polar surface area (TPSA) is 65.2 Å². The quantitative estimate of drug-likeness (QED) is 0.662. The number of hydrogen-bond donors (Lipinski definition) is 0. The molecule has 0 saturated carbocycles. The number of carbonyl (C=O) groups excluding carboxylic acids is 1. The molecule has 0 amide bonds. The number of aromatic nitrogens is 2. The van der Waals surface area contributed by atoms with Crippen molar-refractivity contribution in [3.05, 3.63) is 70.3 Å². The molecule has 0 saturated heterocycles.